The molecule has 0 radical (unpaired) electrons. The van der Waals surface area contributed by atoms with E-state index in [1.165, 1.54) is 60.7 Å². The van der Waals surface area contributed by atoms with Crippen LogP contribution >= 0.6 is 30.4 Å². The minimum absolute atomic E-state index is 0. The van der Waals surface area contributed by atoms with Crippen molar-refractivity contribution in [1.29, 1.82) is 0 Å². The quantitative estimate of drug-likeness (QED) is 0.0912. The summed E-state index contributed by atoms with van der Waals surface area (Å²) >= 11 is 0. The average molecular weight is 898 g/mol. The number of benzene rings is 4. The molecule has 2 aliphatic rings. The van der Waals surface area contributed by atoms with Gasteiger partial charge in [0.15, 0.2) is 0 Å². The summed E-state index contributed by atoms with van der Waals surface area (Å²) in [6.45, 7) is 0. The number of fused-ring (bicyclic) bond motifs is 20. The van der Waals surface area contributed by atoms with Crippen LogP contribution in [0.2, 0.25) is 0 Å². The van der Waals surface area contributed by atoms with Gasteiger partial charge in [0.2, 0.25) is 0 Å². The van der Waals surface area contributed by atoms with Gasteiger partial charge in [-0.05, 0) is 70.1 Å². The van der Waals surface area contributed by atoms with Crippen LogP contribution in [0, 0.1) is 0 Å². The second-order valence-electron chi connectivity index (χ2n) is 12.6. The maximum absolute atomic E-state index is 12.3. The van der Waals surface area contributed by atoms with E-state index in [1.807, 2.05) is 0 Å². The molecule has 8 N–H and O–H groups in total. The van der Waals surface area contributed by atoms with Gasteiger partial charge in [-0.3, -0.25) is 18.3 Å². The first-order valence-corrected chi connectivity index (χ1v) is 22.2. The Balaban J connectivity index is 0.00000455. The Hall–Kier alpha value is -4.54. The summed E-state index contributed by atoms with van der Waals surface area (Å²) in [6.07, 6.45) is 0. The molecule has 0 unspecified atom stereocenters. The van der Waals surface area contributed by atoms with E-state index in [-0.39, 0.29) is 120 Å². The van der Waals surface area contributed by atoms with Crippen LogP contribution in [-0.2, 0) is 37.7 Å². The van der Waals surface area contributed by atoms with Gasteiger partial charge in [-0.25, -0.2) is 9.97 Å². The van der Waals surface area contributed by atoms with E-state index in [9.17, 15) is 57.4 Å². The van der Waals surface area contributed by atoms with Crippen molar-refractivity contribution >= 4 is 95.7 Å². The monoisotopic (exact) mass is 896 g/mol. The summed E-state index contributed by atoms with van der Waals surface area (Å²) in [5.41, 5.74) is 0.263. The fourth-order valence-electron chi connectivity index (χ4n) is 6.34. The molecule has 0 saturated heterocycles. The molecule has 7 aromatic rings. The molecule has 9 rings (SSSR count). The van der Waals surface area contributed by atoms with Crippen molar-refractivity contribution < 1.29 is 76.9 Å². The molecule has 3 aromatic heterocycles. The molecule has 0 saturated carbocycles. The Morgan fingerprint density at radius 1 is 0.351 bits per heavy atom. The van der Waals surface area contributed by atoms with Gasteiger partial charge in [0.25, 0.3) is 0 Å². The summed E-state index contributed by atoms with van der Waals surface area (Å²) in [5, 5.41) is -0.833. The summed E-state index contributed by atoms with van der Waals surface area (Å²) in [7, 11) is -19.2. The molecule has 0 aliphatic carbocycles. The number of nitrogens with zero attached hydrogens (tertiary/aromatic N) is 8. The van der Waals surface area contributed by atoms with E-state index in [1.54, 1.807) is 0 Å². The molecule has 25 heteroatoms. The Kier molecular flexibility index (Phi) is 9.13. The van der Waals surface area contributed by atoms with Gasteiger partial charge < -0.3 is 69.1 Å². The minimum atomic E-state index is -4.83. The Labute approximate surface area is 329 Å². The molecule has 0 atom stereocenters. The van der Waals surface area contributed by atoms with E-state index in [4.69, 9.17) is 0 Å². The Morgan fingerprint density at radius 2 is 0.632 bits per heavy atom. The molecule has 20 nitrogen and oxygen atoms in total. The third-order valence-electron chi connectivity index (χ3n) is 8.98. The van der Waals surface area contributed by atoms with Crippen molar-refractivity contribution in [2.75, 3.05) is 0 Å². The Bertz CT molecular complexity index is 3300. The van der Waals surface area contributed by atoms with Crippen LogP contribution in [0.4, 0.5) is 0 Å². The molecule has 4 aromatic carbocycles. The van der Waals surface area contributed by atoms with Crippen LogP contribution in [0.15, 0.2) is 72.8 Å². The number of rotatable bonds is 4. The number of aromatic nitrogens is 8. The zero-order valence-electron chi connectivity index (χ0n) is 28.2. The molecular weight excluding hydrogens is 878 g/mol. The molecule has 2 aliphatic heterocycles. The summed E-state index contributed by atoms with van der Waals surface area (Å²) in [5.74, 6) is -0.421. The third-order valence-corrected chi connectivity index (χ3v) is 12.8. The van der Waals surface area contributed by atoms with Gasteiger partial charge in [0.1, 0.15) is 0 Å². The first kappa shape index (κ1) is 39.3. The van der Waals surface area contributed by atoms with Crippen LogP contribution in [0.5, 0.6) is 0 Å². The molecule has 8 bridgehead atoms. The maximum Gasteiger partial charge on any atom is 2.00 e. The van der Waals surface area contributed by atoms with Gasteiger partial charge >= 0.3 is 49.9 Å². The van der Waals surface area contributed by atoms with Crippen LogP contribution in [0.3, 0.4) is 0 Å². The van der Waals surface area contributed by atoms with Gasteiger partial charge in [-0.1, -0.05) is 24.3 Å². The van der Waals surface area contributed by atoms with Crippen molar-refractivity contribution in [3.8, 4) is 45.6 Å². The molecule has 0 fully saturated rings. The van der Waals surface area contributed by atoms with Crippen LogP contribution in [-0.4, -0.2) is 69.1 Å². The van der Waals surface area contributed by atoms with Crippen LogP contribution < -0.4 is 31.2 Å². The van der Waals surface area contributed by atoms with Crippen molar-refractivity contribution in [3.05, 3.63) is 72.8 Å². The predicted octanol–water partition coefficient (Wildman–Crippen LogP) is 1.34. The van der Waals surface area contributed by atoms with Crippen LogP contribution in [0.1, 0.15) is 0 Å². The van der Waals surface area contributed by atoms with Crippen molar-refractivity contribution in [1.82, 2.24) is 39.9 Å². The van der Waals surface area contributed by atoms with Crippen molar-refractivity contribution in [2.24, 2.45) is 0 Å². The van der Waals surface area contributed by atoms with E-state index in [0.717, 1.165) is 12.1 Å². The van der Waals surface area contributed by atoms with E-state index in [2.05, 4.69) is 39.9 Å². The van der Waals surface area contributed by atoms with E-state index >= 15 is 0 Å². The van der Waals surface area contributed by atoms with E-state index in [0.29, 0.717) is 0 Å². The van der Waals surface area contributed by atoms with Gasteiger partial charge in [0, 0.05) is 44.8 Å². The van der Waals surface area contributed by atoms with Gasteiger partial charge in [0.05, 0.1) is 44.5 Å². The fourth-order valence-corrected chi connectivity index (χ4v) is 8.60. The van der Waals surface area contributed by atoms with Crippen molar-refractivity contribution in [3.63, 3.8) is 0 Å². The van der Waals surface area contributed by atoms with Crippen molar-refractivity contribution in [2.45, 2.75) is 0 Å². The third kappa shape index (κ3) is 6.86. The number of hydrogen-bond donors (Lipinski definition) is 8. The normalized spacial score (nSPS) is 13.1. The zero-order chi connectivity index (χ0) is 39.7. The molecule has 5 heterocycles. The van der Waals surface area contributed by atoms with Gasteiger partial charge in [-0.2, -0.15) is 0 Å². The molecule has 282 valence electrons. The summed E-state index contributed by atoms with van der Waals surface area (Å²) in [6, 6.07) is 14.8. The van der Waals surface area contributed by atoms with E-state index < -0.39 is 41.0 Å². The maximum atomic E-state index is 12.3. The predicted molar refractivity (Wildman–Crippen MR) is 201 cm³/mol. The molecule has 57 heavy (non-hydrogen) atoms. The molecule has 0 amide bonds. The topological polar surface area (TPSA) is 336 Å². The Morgan fingerprint density at radius 3 is 0.965 bits per heavy atom. The minimum Gasteiger partial charge on any atom is -0.357 e. The molecule has 0 spiro atoms. The standard InChI is InChI=1S/C32H20N8O12P4.Zn/c41-53(42,43)13-1-5-17-21(9-13)29-34-25(17)33-26-18-6-2-14(54(44,45)46)10-22(18)30(35-26)37-28-20-8-4-16(56(50,51)52)12-24(20)32(39-28)40-31-23-11-15(55(47,48)49)3-7-19(23)27(36-29)38-31;/h1-12H,(H8-2,33,34,35,36,37,38,39,40,41,42,43,44,45,46,47,48,49,50,51,52);/q-2;+2. The van der Waals surface area contributed by atoms with Crippen LogP contribution in [0.25, 0.3) is 89.7 Å². The first-order valence-electron chi connectivity index (χ1n) is 15.8. The SMILES string of the molecule is O=P(O)(O)c1ccc2c(c1)-c1nc-2nc2[n-]c(nc3nc(nc4[n-]c(n1)c1ccc(P(=O)(O)O)cc41)-c1cc(P(=O)(O)O)ccc1-3)c1cc(P(=O)(O)O)ccc21.[Zn+2]. The van der Waals surface area contributed by atoms with Gasteiger partial charge in [-0.15, -0.1) is 0 Å². The summed E-state index contributed by atoms with van der Waals surface area (Å²) < 4.78 is 49.3. The zero-order valence-corrected chi connectivity index (χ0v) is 34.8. The largest absolute Gasteiger partial charge is 2.00 e. The second kappa shape index (κ2) is 13.2. The first-order chi connectivity index (χ1) is 26.2. The fraction of sp³-hybridized carbons (Fsp3) is 0. The average Bonchev–Trinajstić information content (AvgIpc) is 3.84. The molecular formula is C32H20N8O12P4Zn. The summed E-state index contributed by atoms with van der Waals surface area (Å²) in [4.78, 5) is 117. The smallest absolute Gasteiger partial charge is 0.357 e. The number of hydrogen-bond acceptors (Lipinski definition) is 10. The second-order valence-corrected chi connectivity index (χ2v) is 19.0.